The molecule has 1 amide bonds. The molecule has 1 unspecified atom stereocenters. The van der Waals surface area contributed by atoms with Gasteiger partial charge in [-0.25, -0.2) is 0 Å². The van der Waals surface area contributed by atoms with Crippen molar-refractivity contribution < 1.29 is 4.79 Å². The number of hydrogen-bond acceptors (Lipinski definition) is 2. The number of benzene rings is 1. The lowest BCUT2D eigenvalue weighted by Crippen LogP contribution is -2.28. The van der Waals surface area contributed by atoms with Crippen molar-refractivity contribution in [2.24, 2.45) is 5.92 Å². The fraction of sp³-hybridized carbons (Fsp3) is 0.462. The Kier molecular flexibility index (Phi) is 6.45. The molecule has 0 aromatic heterocycles. The van der Waals surface area contributed by atoms with Crippen molar-refractivity contribution in [2.45, 2.75) is 18.2 Å². The van der Waals surface area contributed by atoms with Crippen LogP contribution in [0.3, 0.4) is 0 Å². The van der Waals surface area contributed by atoms with Crippen LogP contribution in [0.2, 0.25) is 0 Å². The number of carbonyl (C=O) groups is 1. The van der Waals surface area contributed by atoms with Crippen LogP contribution in [0.5, 0.6) is 0 Å². The molecule has 1 aromatic rings. The van der Waals surface area contributed by atoms with Gasteiger partial charge in [-0.3, -0.25) is 4.79 Å². The molecular formula is C13H18ClNOS. The second-order valence-electron chi connectivity index (χ2n) is 3.99. The normalized spacial score (nSPS) is 12.2. The van der Waals surface area contributed by atoms with Crippen LogP contribution in [0.4, 0.5) is 0 Å². The van der Waals surface area contributed by atoms with Crippen molar-refractivity contribution in [1.82, 2.24) is 5.32 Å². The summed E-state index contributed by atoms with van der Waals surface area (Å²) in [5.41, 5.74) is 0.748. The summed E-state index contributed by atoms with van der Waals surface area (Å²) in [4.78, 5) is 13.0. The highest BCUT2D eigenvalue weighted by atomic mass is 35.5. The van der Waals surface area contributed by atoms with Crippen molar-refractivity contribution in [3.8, 4) is 0 Å². The molecule has 0 aliphatic rings. The summed E-state index contributed by atoms with van der Waals surface area (Å²) in [6, 6.07) is 7.64. The van der Waals surface area contributed by atoms with Crippen LogP contribution in [-0.4, -0.2) is 24.6 Å². The maximum absolute atomic E-state index is 12.0. The van der Waals surface area contributed by atoms with Gasteiger partial charge < -0.3 is 5.32 Å². The van der Waals surface area contributed by atoms with Gasteiger partial charge in [0.1, 0.15) is 0 Å². The molecule has 0 aliphatic heterocycles. The molecule has 0 saturated carbocycles. The number of nitrogens with one attached hydrogen (secondary N) is 1. The zero-order chi connectivity index (χ0) is 12.7. The lowest BCUT2D eigenvalue weighted by Gasteiger charge is -2.12. The van der Waals surface area contributed by atoms with Crippen LogP contribution >= 0.6 is 23.4 Å². The van der Waals surface area contributed by atoms with Gasteiger partial charge in [-0.1, -0.05) is 19.1 Å². The predicted octanol–water partition coefficient (Wildman–Crippen LogP) is 3.40. The molecule has 1 rings (SSSR count). The number of rotatable bonds is 6. The summed E-state index contributed by atoms with van der Waals surface area (Å²) >= 11 is 7.25. The van der Waals surface area contributed by atoms with Gasteiger partial charge in [-0.05, 0) is 30.7 Å². The molecule has 0 saturated heterocycles. The third-order valence-electron chi connectivity index (χ3n) is 2.56. The van der Waals surface area contributed by atoms with Gasteiger partial charge >= 0.3 is 0 Å². The summed E-state index contributed by atoms with van der Waals surface area (Å²) in [5.74, 6) is 1.05. The quantitative estimate of drug-likeness (QED) is 0.635. The Morgan fingerprint density at radius 2 is 2.18 bits per heavy atom. The molecule has 2 nitrogen and oxygen atoms in total. The maximum Gasteiger partial charge on any atom is 0.252 e. The van der Waals surface area contributed by atoms with Crippen LogP contribution < -0.4 is 5.32 Å². The highest BCUT2D eigenvalue weighted by Gasteiger charge is 2.10. The zero-order valence-corrected chi connectivity index (χ0v) is 11.8. The van der Waals surface area contributed by atoms with Gasteiger partial charge in [0.2, 0.25) is 0 Å². The standard InChI is InChI=1S/C13H18ClNOS/c1-10(7-8-14)9-15-13(16)11-5-3-4-6-12(11)17-2/h3-6,10H,7-9H2,1-2H3,(H,15,16). The van der Waals surface area contributed by atoms with E-state index in [0.29, 0.717) is 18.3 Å². The van der Waals surface area contributed by atoms with E-state index < -0.39 is 0 Å². The molecule has 1 aromatic carbocycles. The molecule has 17 heavy (non-hydrogen) atoms. The highest BCUT2D eigenvalue weighted by Crippen LogP contribution is 2.19. The van der Waals surface area contributed by atoms with Gasteiger partial charge in [0.15, 0.2) is 0 Å². The third-order valence-corrected chi connectivity index (χ3v) is 3.58. The Balaban J connectivity index is 2.58. The molecule has 0 radical (unpaired) electrons. The van der Waals surface area contributed by atoms with Crippen LogP contribution in [0.15, 0.2) is 29.2 Å². The first-order valence-electron chi connectivity index (χ1n) is 5.66. The Morgan fingerprint density at radius 3 is 2.82 bits per heavy atom. The van der Waals surface area contributed by atoms with Gasteiger partial charge in [0, 0.05) is 17.3 Å². The first-order chi connectivity index (χ1) is 8.19. The van der Waals surface area contributed by atoms with E-state index in [1.54, 1.807) is 11.8 Å². The van der Waals surface area contributed by atoms with Crippen molar-refractivity contribution in [1.29, 1.82) is 0 Å². The minimum atomic E-state index is -0.00336. The van der Waals surface area contributed by atoms with E-state index >= 15 is 0 Å². The zero-order valence-electron chi connectivity index (χ0n) is 10.2. The fourth-order valence-corrected chi connectivity index (χ4v) is 2.45. The van der Waals surface area contributed by atoms with E-state index in [-0.39, 0.29) is 5.91 Å². The molecule has 1 N–H and O–H groups in total. The first kappa shape index (κ1) is 14.4. The number of alkyl halides is 1. The van der Waals surface area contributed by atoms with E-state index in [0.717, 1.165) is 16.9 Å². The van der Waals surface area contributed by atoms with Gasteiger partial charge in [-0.2, -0.15) is 0 Å². The van der Waals surface area contributed by atoms with E-state index in [4.69, 9.17) is 11.6 Å². The molecule has 94 valence electrons. The lowest BCUT2D eigenvalue weighted by molar-refractivity contribution is 0.0945. The van der Waals surface area contributed by atoms with Gasteiger partial charge in [-0.15, -0.1) is 23.4 Å². The topological polar surface area (TPSA) is 29.1 Å². The maximum atomic E-state index is 12.0. The summed E-state index contributed by atoms with van der Waals surface area (Å²) in [7, 11) is 0. The molecule has 0 bridgehead atoms. The Hall–Kier alpha value is -0.670. The van der Waals surface area contributed by atoms with E-state index in [1.807, 2.05) is 30.5 Å². The van der Waals surface area contributed by atoms with Crippen LogP contribution in [0, 0.1) is 5.92 Å². The molecule has 1 atom stereocenters. The number of hydrogen-bond donors (Lipinski definition) is 1. The van der Waals surface area contributed by atoms with Crippen LogP contribution in [-0.2, 0) is 0 Å². The number of carbonyl (C=O) groups excluding carboxylic acids is 1. The monoisotopic (exact) mass is 271 g/mol. The van der Waals surface area contributed by atoms with Crippen molar-refractivity contribution >= 4 is 29.3 Å². The predicted molar refractivity (Wildman–Crippen MR) is 75.1 cm³/mol. The average molecular weight is 272 g/mol. The summed E-state index contributed by atoms with van der Waals surface area (Å²) in [5, 5.41) is 2.95. The number of halogens is 1. The SMILES string of the molecule is CSc1ccccc1C(=O)NCC(C)CCCl. The summed E-state index contributed by atoms with van der Waals surface area (Å²) < 4.78 is 0. The number of thioether (sulfide) groups is 1. The van der Waals surface area contributed by atoms with E-state index in [2.05, 4.69) is 12.2 Å². The average Bonchev–Trinajstić information content (AvgIpc) is 2.36. The minimum Gasteiger partial charge on any atom is -0.352 e. The lowest BCUT2D eigenvalue weighted by atomic mass is 10.1. The third kappa shape index (κ3) is 4.60. The summed E-state index contributed by atoms with van der Waals surface area (Å²) in [6.07, 6.45) is 2.90. The van der Waals surface area contributed by atoms with Crippen molar-refractivity contribution in [3.05, 3.63) is 29.8 Å². The molecular weight excluding hydrogens is 254 g/mol. The van der Waals surface area contributed by atoms with Crippen molar-refractivity contribution in [3.63, 3.8) is 0 Å². The van der Waals surface area contributed by atoms with Crippen molar-refractivity contribution in [2.75, 3.05) is 18.7 Å². The van der Waals surface area contributed by atoms with Crippen LogP contribution in [0.1, 0.15) is 23.7 Å². The van der Waals surface area contributed by atoms with E-state index in [1.165, 1.54) is 0 Å². The first-order valence-corrected chi connectivity index (χ1v) is 7.42. The second-order valence-corrected chi connectivity index (χ2v) is 5.22. The number of amides is 1. The van der Waals surface area contributed by atoms with Gasteiger partial charge in [0.25, 0.3) is 5.91 Å². The Bertz CT molecular complexity index is 370. The molecule has 0 spiro atoms. The second kappa shape index (κ2) is 7.62. The molecule has 0 aliphatic carbocycles. The van der Waals surface area contributed by atoms with Crippen LogP contribution in [0.25, 0.3) is 0 Å². The largest absolute Gasteiger partial charge is 0.352 e. The highest BCUT2D eigenvalue weighted by molar-refractivity contribution is 7.98. The molecule has 0 fully saturated rings. The Labute approximate surface area is 112 Å². The summed E-state index contributed by atoms with van der Waals surface area (Å²) in [6.45, 7) is 2.76. The minimum absolute atomic E-state index is 0.00336. The fourth-order valence-electron chi connectivity index (χ4n) is 1.48. The molecule has 4 heteroatoms. The van der Waals surface area contributed by atoms with Gasteiger partial charge in [0.05, 0.1) is 5.56 Å². The smallest absolute Gasteiger partial charge is 0.252 e. The van der Waals surface area contributed by atoms with E-state index in [9.17, 15) is 4.79 Å². The Morgan fingerprint density at radius 1 is 1.47 bits per heavy atom. The molecule has 0 heterocycles.